The predicted molar refractivity (Wildman–Crippen MR) is 148 cm³/mol. The molecule has 0 N–H and O–H groups in total. The Morgan fingerprint density at radius 3 is 1.42 bits per heavy atom. The topological polar surface area (TPSA) is 9.72 Å². The average Bonchev–Trinajstić information content (AvgIpc) is 2.87. The van der Waals surface area contributed by atoms with Gasteiger partial charge >= 0.3 is 206 Å². The van der Waals surface area contributed by atoms with Gasteiger partial charge in [-0.25, -0.2) is 0 Å². The molecule has 5 rings (SSSR count). The molecule has 0 saturated heterocycles. The molecular formula is C28H32N3PSe. The number of hydrogen-bond acceptors (Lipinski definition) is 3. The summed E-state index contributed by atoms with van der Waals surface area (Å²) in [7, 11) is 4.56. The molecule has 0 spiro atoms. The van der Waals surface area contributed by atoms with Gasteiger partial charge in [-0.15, -0.1) is 0 Å². The zero-order chi connectivity index (χ0) is 23.5. The van der Waals surface area contributed by atoms with Crippen molar-refractivity contribution in [3.05, 3.63) is 72.8 Å². The van der Waals surface area contributed by atoms with E-state index in [1.807, 2.05) is 0 Å². The summed E-state index contributed by atoms with van der Waals surface area (Å²) in [5.74, 6) is -2.06. The van der Waals surface area contributed by atoms with Crippen LogP contribution < -0.4 is 9.34 Å². The number of benzene rings is 4. The molecule has 0 saturated carbocycles. The first-order valence-corrected chi connectivity index (χ1v) is 15.5. The van der Waals surface area contributed by atoms with Crippen molar-refractivity contribution in [3.63, 3.8) is 0 Å². The van der Waals surface area contributed by atoms with Crippen LogP contribution in [0.25, 0.3) is 32.7 Å². The molecule has 1 heterocycles. The second-order valence-electron chi connectivity index (χ2n) is 9.49. The van der Waals surface area contributed by atoms with Crippen molar-refractivity contribution in [2.24, 2.45) is 0 Å². The van der Waals surface area contributed by atoms with E-state index < -0.39 is 5.96 Å². The van der Waals surface area contributed by atoms with Crippen LogP contribution in [0.2, 0.25) is 0 Å². The fourth-order valence-corrected chi connectivity index (χ4v) is 12.2. The van der Waals surface area contributed by atoms with Crippen LogP contribution in [0.4, 0.5) is 11.4 Å². The Kier molecular flexibility index (Phi) is 5.70. The molecule has 0 amide bonds. The first kappa shape index (κ1) is 22.7. The maximum absolute atomic E-state index is 3.76. The molecule has 0 radical (unpaired) electrons. The van der Waals surface area contributed by atoms with Crippen LogP contribution in [0.3, 0.4) is 0 Å². The van der Waals surface area contributed by atoms with Crippen LogP contribution in [-0.2, 0) is 0 Å². The fraction of sp³-hybridized carbons (Fsp3) is 0.286. The zero-order valence-electron chi connectivity index (χ0n) is 20.3. The zero-order valence-corrected chi connectivity index (χ0v) is 22.9. The van der Waals surface area contributed by atoms with Crippen molar-refractivity contribution in [3.8, 4) is 11.1 Å². The molecule has 3 nitrogen and oxygen atoms in total. The van der Waals surface area contributed by atoms with E-state index in [0.717, 1.165) is 0 Å². The number of hydrogen-bond donors (Lipinski definition) is 0. The van der Waals surface area contributed by atoms with E-state index in [1.165, 1.54) is 44.0 Å². The van der Waals surface area contributed by atoms with E-state index in [9.17, 15) is 0 Å². The molecule has 1 aliphatic heterocycles. The van der Waals surface area contributed by atoms with Crippen LogP contribution in [0.1, 0.15) is 27.7 Å². The first-order valence-electron chi connectivity index (χ1n) is 11.7. The number of anilines is 2. The van der Waals surface area contributed by atoms with Crippen LogP contribution in [-0.4, -0.2) is 45.9 Å². The predicted octanol–water partition coefficient (Wildman–Crippen LogP) is 7.51. The molecule has 0 aliphatic carbocycles. The van der Waals surface area contributed by atoms with Gasteiger partial charge in [0.05, 0.1) is 0 Å². The molecule has 5 heteroatoms. The standard InChI is InChI=1S/C28H32N3PSe/c1-19(2)31(20(3)4)32(33)29(5)25-17-15-21-11-7-9-13-23(21)27(25)28-24-14-10-8-12-22(24)16-18-26(28)30(32)6/h7-20H,1-6H3. The summed E-state index contributed by atoms with van der Waals surface area (Å²) >= 11 is 3.76. The van der Waals surface area contributed by atoms with Crippen molar-refractivity contribution in [1.82, 2.24) is 4.67 Å². The van der Waals surface area contributed by atoms with E-state index >= 15 is 0 Å². The van der Waals surface area contributed by atoms with Gasteiger partial charge < -0.3 is 0 Å². The van der Waals surface area contributed by atoms with Gasteiger partial charge in [-0.3, -0.25) is 0 Å². The number of fused-ring (bicyclic) bond motifs is 7. The Morgan fingerprint density at radius 1 is 0.636 bits per heavy atom. The number of rotatable bonds is 3. The Labute approximate surface area is 205 Å². The molecule has 33 heavy (non-hydrogen) atoms. The summed E-state index contributed by atoms with van der Waals surface area (Å²) < 4.78 is 7.77. The summed E-state index contributed by atoms with van der Waals surface area (Å²) in [6.07, 6.45) is 0. The quantitative estimate of drug-likeness (QED) is 0.205. The van der Waals surface area contributed by atoms with Gasteiger partial charge in [0.25, 0.3) is 0 Å². The molecule has 0 unspecified atom stereocenters. The number of nitrogens with zero attached hydrogens (tertiary/aromatic N) is 3. The Balaban J connectivity index is 1.98. The van der Waals surface area contributed by atoms with Crippen LogP contribution >= 0.6 is 5.96 Å². The average molecular weight is 521 g/mol. The molecule has 170 valence electrons. The third-order valence-corrected chi connectivity index (χ3v) is 14.7. The minimum absolute atomic E-state index is 0.399. The summed E-state index contributed by atoms with van der Waals surface area (Å²) in [4.78, 5) is 0. The van der Waals surface area contributed by atoms with Gasteiger partial charge in [0.2, 0.25) is 0 Å². The summed E-state index contributed by atoms with van der Waals surface area (Å²) in [6.45, 7) is 9.26. The SMILES string of the molecule is CC(C)N(C(C)C)P1(=[Se])N(C)c2ccc3ccccc3c2-c2c(ccc3ccccc23)N1C. The Morgan fingerprint density at radius 2 is 1.03 bits per heavy atom. The van der Waals surface area contributed by atoms with Crippen molar-refractivity contribution < 1.29 is 0 Å². The Bertz CT molecular complexity index is 1310. The molecule has 0 aromatic heterocycles. The molecule has 4 aromatic rings. The molecule has 1 aliphatic rings. The summed E-state index contributed by atoms with van der Waals surface area (Å²) in [5, 5.41) is 5.17. The van der Waals surface area contributed by atoms with Gasteiger partial charge in [0.15, 0.2) is 0 Å². The first-order chi connectivity index (χ1) is 15.8. The minimum atomic E-state index is -2.06. The second kappa shape index (κ2) is 8.29. The molecular weight excluding hydrogens is 488 g/mol. The van der Waals surface area contributed by atoms with Crippen molar-refractivity contribution >= 4 is 54.0 Å². The second-order valence-corrected chi connectivity index (χ2v) is 15.3. The van der Waals surface area contributed by atoms with Gasteiger partial charge in [-0.2, -0.15) is 0 Å². The van der Waals surface area contributed by atoms with E-state index in [2.05, 4.69) is 144 Å². The van der Waals surface area contributed by atoms with Crippen molar-refractivity contribution in [2.75, 3.05) is 23.4 Å². The summed E-state index contributed by atoms with van der Waals surface area (Å²) in [6, 6.07) is 27.6. The van der Waals surface area contributed by atoms with Crippen LogP contribution in [0.15, 0.2) is 72.8 Å². The third kappa shape index (κ3) is 3.31. The monoisotopic (exact) mass is 521 g/mol. The van der Waals surface area contributed by atoms with Gasteiger partial charge in [0.1, 0.15) is 0 Å². The van der Waals surface area contributed by atoms with E-state index in [4.69, 9.17) is 0 Å². The molecule has 0 atom stereocenters. The van der Waals surface area contributed by atoms with E-state index in [1.54, 1.807) is 0 Å². The third-order valence-electron chi connectivity index (χ3n) is 6.90. The normalized spacial score (nSPS) is 15.4. The van der Waals surface area contributed by atoms with E-state index in [-0.39, 0.29) is 0 Å². The van der Waals surface area contributed by atoms with Crippen LogP contribution in [0.5, 0.6) is 0 Å². The molecule has 0 bridgehead atoms. The van der Waals surface area contributed by atoms with Gasteiger partial charge in [-0.1, -0.05) is 0 Å². The van der Waals surface area contributed by atoms with E-state index in [0.29, 0.717) is 12.1 Å². The van der Waals surface area contributed by atoms with Crippen molar-refractivity contribution in [2.45, 2.75) is 39.8 Å². The van der Waals surface area contributed by atoms with Crippen molar-refractivity contribution in [1.29, 1.82) is 0 Å². The maximum atomic E-state index is 3.76. The Hall–Kier alpha value is -2.09. The molecule has 4 aromatic carbocycles. The summed E-state index contributed by atoms with van der Waals surface area (Å²) in [5.41, 5.74) is 5.24. The molecule has 0 fully saturated rings. The van der Waals surface area contributed by atoms with Gasteiger partial charge in [0, 0.05) is 0 Å². The fourth-order valence-electron chi connectivity index (χ4n) is 5.57. The van der Waals surface area contributed by atoms with Crippen LogP contribution in [0, 0.1) is 0 Å². The van der Waals surface area contributed by atoms with Gasteiger partial charge in [-0.05, 0) is 0 Å².